The van der Waals surface area contributed by atoms with Crippen LogP contribution < -0.4 is 5.32 Å². The monoisotopic (exact) mass is 187 g/mol. The van der Waals surface area contributed by atoms with E-state index in [1.54, 1.807) is 0 Å². The smallest absolute Gasteiger partial charge is 0.341 e. The first-order valence-corrected chi connectivity index (χ1v) is 3.69. The van der Waals surface area contributed by atoms with Gasteiger partial charge in [-0.15, -0.1) is 0 Å². The van der Waals surface area contributed by atoms with Crippen molar-refractivity contribution in [3.05, 3.63) is 0 Å². The highest BCUT2D eigenvalue weighted by atomic mass is 16.4. The van der Waals surface area contributed by atoms with E-state index in [9.17, 15) is 14.4 Å². The molecular weight excluding hydrogens is 178 g/mol. The maximum atomic E-state index is 11.0. The molecule has 1 aliphatic heterocycles. The molecule has 1 amide bonds. The highest BCUT2D eigenvalue weighted by molar-refractivity contribution is 6.09. The Kier molecular flexibility index (Phi) is 1.99. The Morgan fingerprint density at radius 2 is 1.92 bits per heavy atom. The summed E-state index contributed by atoms with van der Waals surface area (Å²) in [6.45, 7) is 1.49. The van der Waals surface area contributed by atoms with Crippen molar-refractivity contribution in [3.8, 4) is 0 Å². The number of carbonyl (C=O) groups excluding carboxylic acids is 1. The van der Waals surface area contributed by atoms with Crippen molar-refractivity contribution >= 4 is 17.8 Å². The van der Waals surface area contributed by atoms with E-state index in [1.807, 2.05) is 5.32 Å². The van der Waals surface area contributed by atoms with Crippen molar-refractivity contribution in [1.29, 1.82) is 0 Å². The molecule has 6 nitrogen and oxygen atoms in total. The van der Waals surface area contributed by atoms with Gasteiger partial charge in [-0.3, -0.25) is 4.79 Å². The molecule has 72 valence electrons. The van der Waals surface area contributed by atoms with Crippen molar-refractivity contribution in [2.24, 2.45) is 5.92 Å². The van der Waals surface area contributed by atoms with E-state index in [1.165, 1.54) is 6.92 Å². The van der Waals surface area contributed by atoms with Crippen LogP contribution in [-0.2, 0) is 14.4 Å². The van der Waals surface area contributed by atoms with Crippen LogP contribution in [0, 0.1) is 5.92 Å². The normalized spacial score (nSPS) is 25.3. The summed E-state index contributed by atoms with van der Waals surface area (Å²) >= 11 is 0. The molecule has 1 unspecified atom stereocenters. The number of aliphatic carboxylic acids is 2. The topological polar surface area (TPSA) is 104 Å². The minimum atomic E-state index is -2.13. The van der Waals surface area contributed by atoms with Gasteiger partial charge in [0.15, 0.2) is 0 Å². The summed E-state index contributed by atoms with van der Waals surface area (Å²) in [5.74, 6) is -4.17. The molecule has 6 heteroatoms. The second-order valence-corrected chi connectivity index (χ2v) is 3.11. The molecule has 1 heterocycles. The van der Waals surface area contributed by atoms with Crippen LogP contribution in [0.1, 0.15) is 13.3 Å². The highest BCUT2D eigenvalue weighted by Gasteiger charge is 2.54. The Morgan fingerprint density at radius 3 is 2.08 bits per heavy atom. The molecular formula is C7H9NO5. The number of hydrogen-bond donors (Lipinski definition) is 3. The van der Waals surface area contributed by atoms with E-state index in [2.05, 4.69) is 0 Å². The number of carbonyl (C=O) groups is 3. The van der Waals surface area contributed by atoms with Gasteiger partial charge in [0.25, 0.3) is 0 Å². The maximum absolute atomic E-state index is 11.0. The molecule has 1 rings (SSSR count). The number of carboxylic acid groups (broad SMARTS) is 2. The predicted octanol–water partition coefficient (Wildman–Crippen LogP) is -0.950. The van der Waals surface area contributed by atoms with Gasteiger partial charge in [-0.1, -0.05) is 6.92 Å². The molecule has 0 radical (unpaired) electrons. The zero-order valence-electron chi connectivity index (χ0n) is 6.90. The average molecular weight is 187 g/mol. The SMILES string of the molecule is CC1CC(C(=O)O)(C(=O)O)NC1=O. The van der Waals surface area contributed by atoms with Gasteiger partial charge in [-0.2, -0.15) is 0 Å². The molecule has 0 aromatic heterocycles. The second-order valence-electron chi connectivity index (χ2n) is 3.11. The number of hydrogen-bond acceptors (Lipinski definition) is 3. The molecule has 1 aliphatic rings. The van der Waals surface area contributed by atoms with Gasteiger partial charge in [0.2, 0.25) is 11.4 Å². The summed E-state index contributed by atoms with van der Waals surface area (Å²) in [5.41, 5.74) is -2.13. The second kappa shape index (κ2) is 2.72. The fourth-order valence-corrected chi connectivity index (χ4v) is 1.31. The molecule has 0 spiro atoms. The van der Waals surface area contributed by atoms with Crippen LogP contribution in [0.25, 0.3) is 0 Å². The summed E-state index contributed by atoms with van der Waals surface area (Å²) in [6, 6.07) is 0. The highest BCUT2D eigenvalue weighted by Crippen LogP contribution is 2.25. The lowest BCUT2D eigenvalue weighted by Gasteiger charge is -2.17. The molecule has 1 fully saturated rings. The Balaban J connectivity index is 3.03. The maximum Gasteiger partial charge on any atom is 0.341 e. The van der Waals surface area contributed by atoms with E-state index < -0.39 is 29.3 Å². The minimum Gasteiger partial charge on any atom is -0.479 e. The third-order valence-corrected chi connectivity index (χ3v) is 2.13. The number of rotatable bonds is 2. The fraction of sp³-hybridized carbons (Fsp3) is 0.571. The zero-order chi connectivity index (χ0) is 10.2. The molecule has 1 atom stereocenters. The Bertz CT molecular complexity index is 271. The number of carboxylic acids is 2. The summed E-state index contributed by atoms with van der Waals surface area (Å²) in [4.78, 5) is 32.3. The zero-order valence-corrected chi connectivity index (χ0v) is 6.90. The summed E-state index contributed by atoms with van der Waals surface area (Å²) in [7, 11) is 0. The van der Waals surface area contributed by atoms with Crippen LogP contribution in [-0.4, -0.2) is 33.6 Å². The van der Waals surface area contributed by atoms with Crippen molar-refractivity contribution in [2.75, 3.05) is 0 Å². The van der Waals surface area contributed by atoms with Gasteiger partial charge < -0.3 is 15.5 Å². The van der Waals surface area contributed by atoms with Crippen LogP contribution in [0.3, 0.4) is 0 Å². The Hall–Kier alpha value is -1.59. The lowest BCUT2D eigenvalue weighted by atomic mass is 9.94. The largest absolute Gasteiger partial charge is 0.479 e. The van der Waals surface area contributed by atoms with Crippen molar-refractivity contribution in [2.45, 2.75) is 18.9 Å². The van der Waals surface area contributed by atoms with E-state index in [0.717, 1.165) is 0 Å². The summed E-state index contributed by atoms with van der Waals surface area (Å²) < 4.78 is 0. The third-order valence-electron chi connectivity index (χ3n) is 2.13. The van der Waals surface area contributed by atoms with Gasteiger partial charge in [-0.05, 0) is 0 Å². The van der Waals surface area contributed by atoms with E-state index in [0.29, 0.717) is 0 Å². The average Bonchev–Trinajstić information content (AvgIpc) is 2.29. The molecule has 13 heavy (non-hydrogen) atoms. The van der Waals surface area contributed by atoms with Gasteiger partial charge >= 0.3 is 11.9 Å². The van der Waals surface area contributed by atoms with E-state index in [4.69, 9.17) is 10.2 Å². The first-order valence-electron chi connectivity index (χ1n) is 3.69. The van der Waals surface area contributed by atoms with Gasteiger partial charge in [0, 0.05) is 12.3 Å². The molecule has 0 aliphatic carbocycles. The lowest BCUT2D eigenvalue weighted by Crippen LogP contribution is -2.55. The Morgan fingerprint density at radius 1 is 1.46 bits per heavy atom. The van der Waals surface area contributed by atoms with Gasteiger partial charge in [-0.25, -0.2) is 9.59 Å². The van der Waals surface area contributed by atoms with Gasteiger partial charge in [0.05, 0.1) is 0 Å². The molecule has 0 aromatic carbocycles. The van der Waals surface area contributed by atoms with Crippen LogP contribution >= 0.6 is 0 Å². The van der Waals surface area contributed by atoms with Crippen LogP contribution in [0.2, 0.25) is 0 Å². The minimum absolute atomic E-state index is 0.212. The predicted molar refractivity (Wildman–Crippen MR) is 39.9 cm³/mol. The lowest BCUT2D eigenvalue weighted by molar-refractivity contribution is -0.159. The molecule has 1 saturated heterocycles. The summed E-state index contributed by atoms with van der Waals surface area (Å²) in [6.07, 6.45) is -0.212. The third kappa shape index (κ3) is 1.24. The number of nitrogens with one attached hydrogen (secondary N) is 1. The first-order chi connectivity index (χ1) is 5.90. The Labute approximate surface area is 73.5 Å². The number of amides is 1. The van der Waals surface area contributed by atoms with Crippen molar-refractivity contribution in [1.82, 2.24) is 5.32 Å². The van der Waals surface area contributed by atoms with E-state index >= 15 is 0 Å². The summed E-state index contributed by atoms with van der Waals surface area (Å²) in [5, 5.41) is 19.3. The van der Waals surface area contributed by atoms with Crippen LogP contribution in [0.4, 0.5) is 0 Å². The van der Waals surface area contributed by atoms with Crippen molar-refractivity contribution < 1.29 is 24.6 Å². The molecule has 3 N–H and O–H groups in total. The van der Waals surface area contributed by atoms with Crippen LogP contribution in [0.15, 0.2) is 0 Å². The quantitative estimate of drug-likeness (QED) is 0.483. The molecule has 0 aromatic rings. The first kappa shape index (κ1) is 9.50. The fourth-order valence-electron chi connectivity index (χ4n) is 1.31. The molecule has 0 bridgehead atoms. The van der Waals surface area contributed by atoms with E-state index in [-0.39, 0.29) is 6.42 Å². The van der Waals surface area contributed by atoms with Gasteiger partial charge in [0.1, 0.15) is 0 Å². The van der Waals surface area contributed by atoms with Crippen molar-refractivity contribution in [3.63, 3.8) is 0 Å². The molecule has 0 saturated carbocycles. The standard InChI is InChI=1S/C7H9NO5/c1-3-2-7(5(10)11,6(12)13)8-4(3)9/h3H,2H2,1H3,(H,8,9)(H,10,11)(H,12,13). The van der Waals surface area contributed by atoms with Crippen LogP contribution in [0.5, 0.6) is 0 Å².